The molecular weight excluding hydrogens is 150 g/mol. The average Bonchev–Trinajstić information content (AvgIpc) is 2.15. The highest BCUT2D eigenvalue weighted by atomic mass is 16.5. The third-order valence-electron chi connectivity index (χ3n) is 2.27. The highest BCUT2D eigenvalue weighted by Gasteiger charge is 2.13. The van der Waals surface area contributed by atoms with Crippen LogP contribution in [-0.4, -0.2) is 19.2 Å². The summed E-state index contributed by atoms with van der Waals surface area (Å²) in [5.74, 6) is 0. The summed E-state index contributed by atoms with van der Waals surface area (Å²) in [5, 5.41) is 3.45. The number of likely N-dealkylation sites (N-methyl/N-ethyl adjacent to an activating group) is 1. The third-order valence-corrected chi connectivity index (χ3v) is 2.27. The first-order valence-corrected chi connectivity index (χ1v) is 4.92. The van der Waals surface area contributed by atoms with Gasteiger partial charge < -0.3 is 10.1 Å². The molecule has 12 heavy (non-hydrogen) atoms. The Hall–Kier alpha value is -0.500. The maximum Gasteiger partial charge on any atom is 0.0876 e. The van der Waals surface area contributed by atoms with Crippen molar-refractivity contribution in [1.82, 2.24) is 5.32 Å². The van der Waals surface area contributed by atoms with Gasteiger partial charge in [-0.1, -0.05) is 13.8 Å². The lowest BCUT2D eigenvalue weighted by Gasteiger charge is -2.22. The van der Waals surface area contributed by atoms with Crippen LogP contribution in [0.1, 0.15) is 33.1 Å². The summed E-state index contributed by atoms with van der Waals surface area (Å²) in [6.07, 6.45) is 5.47. The van der Waals surface area contributed by atoms with E-state index in [0.717, 1.165) is 19.6 Å². The Morgan fingerprint density at radius 2 is 2.42 bits per heavy atom. The van der Waals surface area contributed by atoms with Crippen molar-refractivity contribution < 1.29 is 4.74 Å². The Morgan fingerprint density at radius 3 is 2.92 bits per heavy atom. The van der Waals surface area contributed by atoms with Crippen molar-refractivity contribution in [3.05, 3.63) is 11.8 Å². The molecule has 1 unspecified atom stereocenters. The molecule has 1 heterocycles. The maximum absolute atomic E-state index is 5.31. The van der Waals surface area contributed by atoms with Gasteiger partial charge in [0.1, 0.15) is 0 Å². The van der Waals surface area contributed by atoms with Gasteiger partial charge in [0, 0.05) is 6.04 Å². The fourth-order valence-corrected chi connectivity index (χ4v) is 1.62. The van der Waals surface area contributed by atoms with Gasteiger partial charge in [-0.15, -0.1) is 0 Å². The molecule has 2 nitrogen and oxygen atoms in total. The molecule has 0 aromatic carbocycles. The van der Waals surface area contributed by atoms with Gasteiger partial charge >= 0.3 is 0 Å². The highest BCUT2D eigenvalue weighted by molar-refractivity contribution is 5.09. The lowest BCUT2D eigenvalue weighted by molar-refractivity contribution is 0.219. The molecule has 1 N–H and O–H groups in total. The largest absolute Gasteiger partial charge is 0.501 e. The van der Waals surface area contributed by atoms with E-state index in [4.69, 9.17) is 4.74 Å². The minimum Gasteiger partial charge on any atom is -0.501 e. The maximum atomic E-state index is 5.31. The Morgan fingerprint density at radius 1 is 1.58 bits per heavy atom. The van der Waals surface area contributed by atoms with E-state index in [9.17, 15) is 0 Å². The molecule has 70 valence electrons. The summed E-state index contributed by atoms with van der Waals surface area (Å²) >= 11 is 0. The van der Waals surface area contributed by atoms with Crippen LogP contribution in [0.15, 0.2) is 11.8 Å². The minimum absolute atomic E-state index is 0.537. The van der Waals surface area contributed by atoms with Crippen LogP contribution in [0.4, 0.5) is 0 Å². The smallest absolute Gasteiger partial charge is 0.0876 e. The third kappa shape index (κ3) is 2.52. The van der Waals surface area contributed by atoms with E-state index in [0.29, 0.717) is 6.04 Å². The zero-order chi connectivity index (χ0) is 8.81. The lowest BCUT2D eigenvalue weighted by Crippen LogP contribution is -2.31. The van der Waals surface area contributed by atoms with Gasteiger partial charge in [-0.3, -0.25) is 0 Å². The van der Waals surface area contributed by atoms with Crippen molar-refractivity contribution >= 4 is 0 Å². The Kier molecular flexibility index (Phi) is 4.15. The normalized spacial score (nSPS) is 19.7. The molecular formula is C10H19NO. The summed E-state index contributed by atoms with van der Waals surface area (Å²) in [5.41, 5.74) is 1.44. The van der Waals surface area contributed by atoms with Crippen molar-refractivity contribution in [3.63, 3.8) is 0 Å². The summed E-state index contributed by atoms with van der Waals surface area (Å²) in [6.45, 7) is 6.29. The molecule has 0 aromatic rings. The van der Waals surface area contributed by atoms with Crippen LogP contribution < -0.4 is 5.32 Å². The van der Waals surface area contributed by atoms with E-state index in [1.165, 1.54) is 18.4 Å². The predicted octanol–water partition coefficient (Wildman–Crippen LogP) is 2.07. The van der Waals surface area contributed by atoms with Crippen LogP contribution in [-0.2, 0) is 4.74 Å². The lowest BCUT2D eigenvalue weighted by atomic mass is 10.0. The molecule has 1 atom stereocenters. The molecule has 0 saturated heterocycles. The second kappa shape index (κ2) is 5.20. The fourth-order valence-electron chi connectivity index (χ4n) is 1.62. The SMILES string of the molecule is CCNC(CC)C1=COCCC1. The average molecular weight is 169 g/mol. The Balaban J connectivity index is 2.45. The van der Waals surface area contributed by atoms with E-state index < -0.39 is 0 Å². The minimum atomic E-state index is 0.537. The monoisotopic (exact) mass is 169 g/mol. The van der Waals surface area contributed by atoms with Crippen LogP contribution in [0.3, 0.4) is 0 Å². The molecule has 0 fully saturated rings. The van der Waals surface area contributed by atoms with Crippen LogP contribution in [0.5, 0.6) is 0 Å². The van der Waals surface area contributed by atoms with Crippen LogP contribution >= 0.6 is 0 Å². The van der Waals surface area contributed by atoms with E-state index in [1.54, 1.807) is 0 Å². The summed E-state index contributed by atoms with van der Waals surface area (Å²) < 4.78 is 5.31. The number of ether oxygens (including phenoxy) is 1. The second-order valence-electron chi connectivity index (χ2n) is 3.19. The van der Waals surface area contributed by atoms with Crippen molar-refractivity contribution in [3.8, 4) is 0 Å². The molecule has 0 bridgehead atoms. The molecule has 0 aromatic heterocycles. The van der Waals surface area contributed by atoms with Gasteiger partial charge in [0.15, 0.2) is 0 Å². The van der Waals surface area contributed by atoms with Crippen LogP contribution in [0.2, 0.25) is 0 Å². The molecule has 1 aliphatic heterocycles. The predicted molar refractivity (Wildman–Crippen MR) is 51.0 cm³/mol. The van der Waals surface area contributed by atoms with Gasteiger partial charge in [0.25, 0.3) is 0 Å². The van der Waals surface area contributed by atoms with Gasteiger partial charge in [-0.2, -0.15) is 0 Å². The van der Waals surface area contributed by atoms with Crippen molar-refractivity contribution in [2.75, 3.05) is 13.2 Å². The van der Waals surface area contributed by atoms with Crippen LogP contribution in [0, 0.1) is 0 Å². The van der Waals surface area contributed by atoms with Crippen molar-refractivity contribution in [1.29, 1.82) is 0 Å². The van der Waals surface area contributed by atoms with Crippen molar-refractivity contribution in [2.24, 2.45) is 0 Å². The molecule has 0 amide bonds. The van der Waals surface area contributed by atoms with E-state index in [2.05, 4.69) is 19.2 Å². The first-order chi connectivity index (χ1) is 5.88. The van der Waals surface area contributed by atoms with Crippen molar-refractivity contribution in [2.45, 2.75) is 39.2 Å². The van der Waals surface area contributed by atoms with Gasteiger partial charge in [-0.25, -0.2) is 0 Å². The van der Waals surface area contributed by atoms with E-state index in [1.807, 2.05) is 6.26 Å². The van der Waals surface area contributed by atoms with E-state index in [-0.39, 0.29) is 0 Å². The number of hydrogen-bond donors (Lipinski definition) is 1. The first kappa shape index (κ1) is 9.59. The first-order valence-electron chi connectivity index (χ1n) is 4.92. The fraction of sp³-hybridized carbons (Fsp3) is 0.800. The highest BCUT2D eigenvalue weighted by Crippen LogP contribution is 2.17. The van der Waals surface area contributed by atoms with E-state index >= 15 is 0 Å². The zero-order valence-electron chi connectivity index (χ0n) is 8.10. The Bertz CT molecular complexity index is 154. The number of nitrogens with one attached hydrogen (secondary N) is 1. The second-order valence-corrected chi connectivity index (χ2v) is 3.19. The topological polar surface area (TPSA) is 21.3 Å². The molecule has 1 rings (SSSR count). The molecule has 0 spiro atoms. The molecule has 1 aliphatic rings. The molecule has 0 saturated carbocycles. The summed E-state index contributed by atoms with van der Waals surface area (Å²) in [7, 11) is 0. The number of hydrogen-bond acceptors (Lipinski definition) is 2. The standard InChI is InChI=1S/C10H19NO/c1-3-10(11-4-2)9-6-5-7-12-8-9/h8,10-11H,3-7H2,1-2H3. The quantitative estimate of drug-likeness (QED) is 0.695. The summed E-state index contributed by atoms with van der Waals surface area (Å²) in [4.78, 5) is 0. The zero-order valence-corrected chi connectivity index (χ0v) is 8.10. The van der Waals surface area contributed by atoms with Crippen LogP contribution in [0.25, 0.3) is 0 Å². The molecule has 0 radical (unpaired) electrons. The summed E-state index contributed by atoms with van der Waals surface area (Å²) in [6, 6.07) is 0.537. The molecule has 2 heteroatoms. The van der Waals surface area contributed by atoms with Gasteiger partial charge in [-0.05, 0) is 31.4 Å². The van der Waals surface area contributed by atoms with Gasteiger partial charge in [0.05, 0.1) is 12.9 Å². The Labute approximate surface area is 75.0 Å². The van der Waals surface area contributed by atoms with Gasteiger partial charge in [0.2, 0.25) is 0 Å². The number of rotatable bonds is 4. The molecule has 0 aliphatic carbocycles.